The van der Waals surface area contributed by atoms with Gasteiger partial charge in [-0.1, -0.05) is 6.92 Å². The van der Waals surface area contributed by atoms with Gasteiger partial charge in [-0.3, -0.25) is 0 Å². The molecule has 0 aromatic rings. The molecule has 8 heavy (non-hydrogen) atoms. The molecule has 3 N–H and O–H groups in total. The first-order valence-corrected chi connectivity index (χ1v) is 2.95. The summed E-state index contributed by atoms with van der Waals surface area (Å²) >= 11 is 4.47. The van der Waals surface area contributed by atoms with E-state index in [1.807, 2.05) is 6.92 Å². The number of nitrogens with two attached hydrogens (primary N) is 1. The Bertz CT molecular complexity index is 92.4. The van der Waals surface area contributed by atoms with Crippen molar-refractivity contribution in [3.05, 3.63) is 0 Å². The minimum Gasteiger partial charge on any atom is -0.502 e. The highest BCUT2D eigenvalue weighted by molar-refractivity contribution is 7.80. The van der Waals surface area contributed by atoms with Crippen LogP contribution in [-0.2, 0) is 0 Å². The van der Waals surface area contributed by atoms with Gasteiger partial charge in [0, 0.05) is 12.0 Å². The molecule has 0 aliphatic heterocycles. The fourth-order valence-electron chi connectivity index (χ4n) is 0.225. The van der Waals surface area contributed by atoms with Crippen LogP contribution >= 0.6 is 12.2 Å². The van der Waals surface area contributed by atoms with Crippen molar-refractivity contribution in [2.75, 3.05) is 0 Å². The third-order valence-electron chi connectivity index (χ3n) is 1.18. The summed E-state index contributed by atoms with van der Waals surface area (Å²) in [5.41, 5.74) is 5.39. The SMILES string of the molecule is CC(N)C(C)C(O)=S. The second-order valence-corrected chi connectivity index (χ2v) is 2.40. The van der Waals surface area contributed by atoms with Crippen molar-refractivity contribution in [1.82, 2.24) is 0 Å². The molecule has 0 rings (SSSR count). The van der Waals surface area contributed by atoms with Crippen molar-refractivity contribution in [2.24, 2.45) is 11.7 Å². The normalized spacial score (nSPS) is 17.4. The molecule has 0 aromatic carbocycles. The van der Waals surface area contributed by atoms with E-state index in [0.29, 0.717) is 0 Å². The third kappa shape index (κ3) is 2.23. The number of rotatable bonds is 2. The monoisotopic (exact) mass is 133 g/mol. The molecule has 0 aliphatic carbocycles. The van der Waals surface area contributed by atoms with Crippen molar-refractivity contribution < 1.29 is 5.11 Å². The second-order valence-electron chi connectivity index (χ2n) is 1.99. The molecule has 0 spiro atoms. The van der Waals surface area contributed by atoms with E-state index in [1.54, 1.807) is 6.92 Å². The van der Waals surface area contributed by atoms with Crippen molar-refractivity contribution in [2.45, 2.75) is 19.9 Å². The molecule has 0 bridgehead atoms. The smallest absolute Gasteiger partial charge is 0.160 e. The largest absolute Gasteiger partial charge is 0.502 e. The fourth-order valence-corrected chi connectivity index (χ4v) is 0.440. The Balaban J connectivity index is 3.64. The van der Waals surface area contributed by atoms with Crippen LogP contribution in [0.15, 0.2) is 0 Å². The van der Waals surface area contributed by atoms with Crippen molar-refractivity contribution in [1.29, 1.82) is 0 Å². The van der Waals surface area contributed by atoms with Gasteiger partial charge in [0.25, 0.3) is 0 Å². The van der Waals surface area contributed by atoms with E-state index in [2.05, 4.69) is 12.2 Å². The molecule has 0 saturated heterocycles. The third-order valence-corrected chi connectivity index (χ3v) is 1.55. The Morgan fingerprint density at radius 2 is 2.00 bits per heavy atom. The minimum atomic E-state index is -0.0648. The van der Waals surface area contributed by atoms with Gasteiger partial charge >= 0.3 is 0 Å². The van der Waals surface area contributed by atoms with Crippen LogP contribution in [0.4, 0.5) is 0 Å². The summed E-state index contributed by atoms with van der Waals surface area (Å²) in [6.07, 6.45) is 0. The molecule has 0 fully saturated rings. The molecule has 2 nitrogen and oxygen atoms in total. The van der Waals surface area contributed by atoms with Crippen LogP contribution in [0, 0.1) is 5.92 Å². The summed E-state index contributed by atoms with van der Waals surface area (Å²) in [6, 6.07) is -0.0486. The summed E-state index contributed by atoms with van der Waals surface area (Å²) < 4.78 is 0. The lowest BCUT2D eigenvalue weighted by Gasteiger charge is -2.10. The van der Waals surface area contributed by atoms with Crippen molar-refractivity contribution in [3.8, 4) is 0 Å². The van der Waals surface area contributed by atoms with Crippen LogP contribution in [0.25, 0.3) is 0 Å². The van der Waals surface area contributed by atoms with E-state index in [4.69, 9.17) is 10.8 Å². The first-order chi connectivity index (χ1) is 3.55. The topological polar surface area (TPSA) is 46.2 Å². The maximum Gasteiger partial charge on any atom is 0.160 e. The maximum absolute atomic E-state index is 8.64. The summed E-state index contributed by atoms with van der Waals surface area (Å²) in [7, 11) is 0. The molecule has 0 aliphatic rings. The zero-order valence-electron chi connectivity index (χ0n) is 5.09. The first kappa shape index (κ1) is 7.85. The van der Waals surface area contributed by atoms with E-state index in [9.17, 15) is 0 Å². The number of aliphatic hydroxyl groups is 1. The van der Waals surface area contributed by atoms with Gasteiger partial charge in [0.05, 0.1) is 0 Å². The van der Waals surface area contributed by atoms with Crippen LogP contribution in [0.1, 0.15) is 13.8 Å². The fraction of sp³-hybridized carbons (Fsp3) is 0.800. The van der Waals surface area contributed by atoms with Gasteiger partial charge in [0.1, 0.15) is 0 Å². The van der Waals surface area contributed by atoms with Crippen LogP contribution in [0.5, 0.6) is 0 Å². The molecule has 0 aromatic heterocycles. The lowest BCUT2D eigenvalue weighted by Crippen LogP contribution is -2.29. The Labute approximate surface area is 54.7 Å². The predicted molar refractivity (Wildman–Crippen MR) is 38.0 cm³/mol. The van der Waals surface area contributed by atoms with Crippen LogP contribution in [0.3, 0.4) is 0 Å². The van der Waals surface area contributed by atoms with Crippen molar-refractivity contribution >= 4 is 17.3 Å². The van der Waals surface area contributed by atoms with Gasteiger partial charge in [0.15, 0.2) is 5.05 Å². The van der Waals surface area contributed by atoms with Gasteiger partial charge in [-0.25, -0.2) is 0 Å². The highest BCUT2D eigenvalue weighted by atomic mass is 32.1. The predicted octanol–water partition coefficient (Wildman–Crippen LogP) is 0.855. The average molecular weight is 133 g/mol. The Hall–Kier alpha value is -0.150. The molecule has 3 heteroatoms. The molecule has 0 saturated carbocycles. The summed E-state index contributed by atoms with van der Waals surface area (Å²) in [5, 5.41) is 8.64. The van der Waals surface area contributed by atoms with Gasteiger partial charge < -0.3 is 10.8 Å². The standard InChI is InChI=1S/C5H11NOS/c1-3(4(2)6)5(7)8/h3-4H,6H2,1-2H3,(H,7,8). The van der Waals surface area contributed by atoms with Gasteiger partial charge in [-0.2, -0.15) is 0 Å². The molecular formula is C5H11NOS. The van der Waals surface area contributed by atoms with E-state index >= 15 is 0 Å². The average Bonchev–Trinajstić information content (AvgIpc) is 1.64. The maximum atomic E-state index is 8.64. The highest BCUT2D eigenvalue weighted by Gasteiger charge is 2.10. The van der Waals surface area contributed by atoms with Crippen molar-refractivity contribution in [3.63, 3.8) is 0 Å². The van der Waals surface area contributed by atoms with E-state index in [-0.39, 0.29) is 17.0 Å². The summed E-state index contributed by atoms with van der Waals surface area (Å²) in [5.74, 6) is -0.0648. The van der Waals surface area contributed by atoms with Gasteiger partial charge in [-0.15, -0.1) is 0 Å². The van der Waals surface area contributed by atoms with E-state index < -0.39 is 0 Å². The van der Waals surface area contributed by atoms with Crippen LogP contribution < -0.4 is 5.73 Å². The van der Waals surface area contributed by atoms with E-state index in [0.717, 1.165) is 0 Å². The zero-order valence-corrected chi connectivity index (χ0v) is 5.90. The molecule has 2 unspecified atom stereocenters. The minimum absolute atomic E-state index is 0.000000000000000222. The molecule has 0 heterocycles. The first-order valence-electron chi connectivity index (χ1n) is 2.54. The highest BCUT2D eigenvalue weighted by Crippen LogP contribution is 1.99. The number of hydrogen-bond acceptors (Lipinski definition) is 2. The lowest BCUT2D eigenvalue weighted by atomic mass is 10.1. The Morgan fingerprint density at radius 1 is 1.62 bits per heavy atom. The lowest BCUT2D eigenvalue weighted by molar-refractivity contribution is 0.477. The van der Waals surface area contributed by atoms with E-state index in [1.165, 1.54) is 0 Å². The summed E-state index contributed by atoms with van der Waals surface area (Å²) in [6.45, 7) is 3.61. The molecule has 0 radical (unpaired) electrons. The molecule has 0 amide bonds. The zero-order chi connectivity index (χ0) is 6.73. The number of hydrogen-bond donors (Lipinski definition) is 2. The number of aliphatic hydroxyl groups excluding tert-OH is 1. The second kappa shape index (κ2) is 2.99. The molecule has 48 valence electrons. The quantitative estimate of drug-likeness (QED) is 0.549. The van der Waals surface area contributed by atoms with Crippen LogP contribution in [-0.4, -0.2) is 16.2 Å². The van der Waals surface area contributed by atoms with Crippen LogP contribution in [0.2, 0.25) is 0 Å². The van der Waals surface area contributed by atoms with Gasteiger partial charge in [0.2, 0.25) is 0 Å². The Morgan fingerprint density at radius 3 is 2.00 bits per heavy atom. The molecule has 2 atom stereocenters. The molecular weight excluding hydrogens is 122 g/mol. The van der Waals surface area contributed by atoms with Gasteiger partial charge in [-0.05, 0) is 19.1 Å². The summed E-state index contributed by atoms with van der Waals surface area (Å²) in [4.78, 5) is 0. The Kier molecular flexibility index (Phi) is 2.94. The number of thiocarbonyl (C=S) groups is 1.